The fourth-order valence-corrected chi connectivity index (χ4v) is 1.78. The van der Waals surface area contributed by atoms with E-state index in [0.717, 1.165) is 6.33 Å². The van der Waals surface area contributed by atoms with Gasteiger partial charge in [0.25, 0.3) is 0 Å². The first-order valence-corrected chi connectivity index (χ1v) is 5.80. The Morgan fingerprint density at radius 2 is 2.00 bits per heavy atom. The highest BCUT2D eigenvalue weighted by atomic mass is 16.7. The summed E-state index contributed by atoms with van der Waals surface area (Å²) in [5.41, 5.74) is -0.447. The number of nitrogens with zero attached hydrogens (tertiary/aromatic N) is 3. The molecule has 0 amide bonds. The molecular weight excluding hydrogens is 282 g/mol. The molecule has 0 fully saturated rings. The number of fused-ring (bicyclic) bond motifs is 1. The summed E-state index contributed by atoms with van der Waals surface area (Å²) in [7, 11) is 1.28. The molecule has 0 radical (unpaired) electrons. The molecule has 0 atom stereocenters. The largest absolute Gasteiger partial charge is 0.476 e. The molecule has 0 unspecified atom stereocenters. The zero-order chi connectivity index (χ0) is 14.8. The SMILES string of the molecule is COc1ncnc(Oc2ccc3c(c2)OCO3)c1[N+](=O)[O-]. The highest BCUT2D eigenvalue weighted by Crippen LogP contribution is 2.39. The van der Waals surface area contributed by atoms with Gasteiger partial charge in [0, 0.05) is 6.07 Å². The summed E-state index contributed by atoms with van der Waals surface area (Å²) in [5.74, 6) is 1.01. The van der Waals surface area contributed by atoms with Crippen LogP contribution in [0.2, 0.25) is 0 Å². The predicted molar refractivity (Wildman–Crippen MR) is 67.9 cm³/mol. The maximum Gasteiger partial charge on any atom is 0.392 e. The normalized spacial score (nSPS) is 12.0. The average Bonchev–Trinajstić information content (AvgIpc) is 2.94. The molecule has 0 spiro atoms. The summed E-state index contributed by atoms with van der Waals surface area (Å²) >= 11 is 0. The average molecular weight is 291 g/mol. The van der Waals surface area contributed by atoms with Crippen molar-refractivity contribution in [1.82, 2.24) is 9.97 Å². The van der Waals surface area contributed by atoms with Crippen LogP contribution in [0.25, 0.3) is 0 Å². The number of aromatic nitrogens is 2. The first-order chi connectivity index (χ1) is 10.2. The minimum absolute atomic E-state index is 0.125. The van der Waals surface area contributed by atoms with Crippen molar-refractivity contribution in [2.75, 3.05) is 13.9 Å². The van der Waals surface area contributed by atoms with Crippen LogP contribution in [0, 0.1) is 10.1 Å². The van der Waals surface area contributed by atoms with Crippen molar-refractivity contribution < 1.29 is 23.9 Å². The summed E-state index contributed by atoms with van der Waals surface area (Å²) < 4.78 is 20.6. The fourth-order valence-electron chi connectivity index (χ4n) is 1.78. The lowest BCUT2D eigenvalue weighted by Gasteiger charge is -2.07. The van der Waals surface area contributed by atoms with Crippen LogP contribution in [-0.4, -0.2) is 28.8 Å². The van der Waals surface area contributed by atoms with Gasteiger partial charge >= 0.3 is 17.4 Å². The minimum Gasteiger partial charge on any atom is -0.476 e. The van der Waals surface area contributed by atoms with E-state index in [2.05, 4.69) is 9.97 Å². The molecule has 1 aromatic carbocycles. The van der Waals surface area contributed by atoms with E-state index < -0.39 is 10.6 Å². The Hall–Kier alpha value is -3.10. The van der Waals surface area contributed by atoms with E-state index in [1.54, 1.807) is 18.2 Å². The summed E-state index contributed by atoms with van der Waals surface area (Å²) in [6.07, 6.45) is 1.12. The van der Waals surface area contributed by atoms with Gasteiger partial charge in [0.2, 0.25) is 6.79 Å². The maximum atomic E-state index is 11.1. The molecule has 9 nitrogen and oxygen atoms in total. The monoisotopic (exact) mass is 291 g/mol. The van der Waals surface area contributed by atoms with Crippen LogP contribution < -0.4 is 18.9 Å². The molecule has 1 aromatic heterocycles. The van der Waals surface area contributed by atoms with Gasteiger partial charge < -0.3 is 18.9 Å². The van der Waals surface area contributed by atoms with Gasteiger partial charge in [-0.15, -0.1) is 0 Å². The lowest BCUT2D eigenvalue weighted by atomic mass is 10.3. The Kier molecular flexibility index (Phi) is 3.14. The predicted octanol–water partition coefficient (Wildman–Crippen LogP) is 1.91. The summed E-state index contributed by atoms with van der Waals surface area (Å²) in [5, 5.41) is 11.1. The van der Waals surface area contributed by atoms with E-state index in [1.807, 2.05) is 0 Å². The Morgan fingerprint density at radius 3 is 2.76 bits per heavy atom. The molecule has 1 aliphatic rings. The smallest absolute Gasteiger partial charge is 0.392 e. The van der Waals surface area contributed by atoms with Gasteiger partial charge in [-0.3, -0.25) is 10.1 Å². The van der Waals surface area contributed by atoms with E-state index >= 15 is 0 Å². The third-order valence-corrected chi connectivity index (χ3v) is 2.69. The lowest BCUT2D eigenvalue weighted by Crippen LogP contribution is -2.01. The fraction of sp³-hybridized carbons (Fsp3) is 0.167. The molecule has 1 aliphatic heterocycles. The van der Waals surface area contributed by atoms with Gasteiger partial charge in [-0.2, -0.15) is 9.97 Å². The van der Waals surface area contributed by atoms with Crippen molar-refractivity contribution in [3.63, 3.8) is 0 Å². The number of hydrogen-bond donors (Lipinski definition) is 0. The van der Waals surface area contributed by atoms with Crippen LogP contribution in [0.15, 0.2) is 24.5 Å². The highest BCUT2D eigenvalue weighted by Gasteiger charge is 2.26. The number of ether oxygens (including phenoxy) is 4. The Morgan fingerprint density at radius 1 is 1.24 bits per heavy atom. The number of rotatable bonds is 4. The topological polar surface area (TPSA) is 106 Å². The molecule has 9 heteroatoms. The third kappa shape index (κ3) is 2.36. The van der Waals surface area contributed by atoms with Gasteiger partial charge in [-0.1, -0.05) is 0 Å². The van der Waals surface area contributed by atoms with E-state index in [9.17, 15) is 10.1 Å². The second kappa shape index (κ2) is 5.12. The molecule has 0 aliphatic carbocycles. The molecule has 108 valence electrons. The van der Waals surface area contributed by atoms with Gasteiger partial charge in [-0.05, 0) is 12.1 Å². The molecule has 3 rings (SSSR count). The zero-order valence-corrected chi connectivity index (χ0v) is 10.8. The Labute approximate surface area is 118 Å². The van der Waals surface area contributed by atoms with Crippen LogP contribution in [0.3, 0.4) is 0 Å². The third-order valence-electron chi connectivity index (χ3n) is 2.69. The van der Waals surface area contributed by atoms with Gasteiger partial charge in [0.05, 0.1) is 12.0 Å². The molecule has 0 bridgehead atoms. The molecule has 0 N–H and O–H groups in total. The number of hydrogen-bond acceptors (Lipinski definition) is 8. The summed E-state index contributed by atoms with van der Waals surface area (Å²) in [6.45, 7) is 0.125. The van der Waals surface area contributed by atoms with Crippen LogP contribution >= 0.6 is 0 Å². The summed E-state index contributed by atoms with van der Waals surface area (Å²) in [4.78, 5) is 17.9. The van der Waals surface area contributed by atoms with Crippen molar-refractivity contribution in [3.8, 4) is 29.0 Å². The number of nitro groups is 1. The molecule has 0 saturated carbocycles. The first-order valence-electron chi connectivity index (χ1n) is 5.80. The first kappa shape index (κ1) is 12.9. The van der Waals surface area contributed by atoms with Crippen molar-refractivity contribution in [1.29, 1.82) is 0 Å². The molecule has 0 saturated heterocycles. The van der Waals surface area contributed by atoms with Crippen molar-refractivity contribution in [2.24, 2.45) is 0 Å². The molecule has 2 heterocycles. The standard InChI is InChI=1S/C12H9N3O6/c1-18-11-10(15(16)17)12(14-5-13-11)21-7-2-3-8-9(4-7)20-6-19-8/h2-5H,6H2,1H3. The summed E-state index contributed by atoms with van der Waals surface area (Å²) in [6, 6.07) is 4.79. The van der Waals surface area contributed by atoms with E-state index in [0.29, 0.717) is 17.2 Å². The second-order valence-electron chi connectivity index (χ2n) is 3.91. The van der Waals surface area contributed by atoms with Crippen LogP contribution in [-0.2, 0) is 0 Å². The Balaban J connectivity index is 1.96. The molecule has 21 heavy (non-hydrogen) atoms. The molecule has 2 aromatic rings. The highest BCUT2D eigenvalue weighted by molar-refractivity contribution is 5.52. The molecular formula is C12H9N3O6. The van der Waals surface area contributed by atoms with E-state index in [1.165, 1.54) is 7.11 Å². The van der Waals surface area contributed by atoms with Crippen molar-refractivity contribution in [3.05, 3.63) is 34.6 Å². The van der Waals surface area contributed by atoms with Gasteiger partial charge in [0.15, 0.2) is 11.5 Å². The van der Waals surface area contributed by atoms with Crippen molar-refractivity contribution in [2.45, 2.75) is 0 Å². The number of methoxy groups -OCH3 is 1. The maximum absolute atomic E-state index is 11.1. The van der Waals surface area contributed by atoms with E-state index in [-0.39, 0.29) is 18.6 Å². The second-order valence-corrected chi connectivity index (χ2v) is 3.91. The quantitative estimate of drug-likeness (QED) is 0.621. The van der Waals surface area contributed by atoms with Crippen molar-refractivity contribution >= 4 is 5.69 Å². The van der Waals surface area contributed by atoms with Gasteiger partial charge in [-0.25, -0.2) is 0 Å². The van der Waals surface area contributed by atoms with Crippen LogP contribution in [0.5, 0.6) is 29.0 Å². The van der Waals surface area contributed by atoms with E-state index in [4.69, 9.17) is 18.9 Å². The van der Waals surface area contributed by atoms with Crippen LogP contribution in [0.1, 0.15) is 0 Å². The zero-order valence-electron chi connectivity index (χ0n) is 10.8. The lowest BCUT2D eigenvalue weighted by molar-refractivity contribution is -0.387. The minimum atomic E-state index is -0.666. The van der Waals surface area contributed by atoms with Gasteiger partial charge in [0.1, 0.15) is 12.1 Å². The Bertz CT molecular complexity index is 705. The van der Waals surface area contributed by atoms with Crippen LogP contribution in [0.4, 0.5) is 5.69 Å². The number of benzene rings is 1.